The van der Waals surface area contributed by atoms with Crippen LogP contribution in [0.1, 0.15) is 34.7 Å². The minimum atomic E-state index is 0.324. The second-order valence-corrected chi connectivity index (χ2v) is 8.26. The Hall–Kier alpha value is -1.92. The fourth-order valence-corrected chi connectivity index (χ4v) is 4.77. The van der Waals surface area contributed by atoms with E-state index in [9.17, 15) is 0 Å². The standard InChI is InChI=1S/C22H24BrNO4/c1-25-19-4-3-14-9-18-16-11-21-20(27-13-28-21)10-15(16)5-7-24(18)12-17(14)22(19)26-8-2-6-23/h3-4,10-11,18H,2,5-9,12-13H2,1H3. The monoisotopic (exact) mass is 445 g/mol. The number of halogens is 1. The number of hydrogen-bond acceptors (Lipinski definition) is 5. The van der Waals surface area contributed by atoms with E-state index < -0.39 is 0 Å². The van der Waals surface area contributed by atoms with E-state index in [1.807, 2.05) is 6.07 Å². The van der Waals surface area contributed by atoms with Gasteiger partial charge in [0.15, 0.2) is 23.0 Å². The van der Waals surface area contributed by atoms with Crippen molar-refractivity contribution in [3.8, 4) is 23.0 Å². The first-order chi connectivity index (χ1) is 13.8. The summed E-state index contributed by atoms with van der Waals surface area (Å²) >= 11 is 3.48. The van der Waals surface area contributed by atoms with Crippen LogP contribution in [0.25, 0.3) is 0 Å². The van der Waals surface area contributed by atoms with Gasteiger partial charge < -0.3 is 18.9 Å². The Balaban J connectivity index is 1.50. The lowest BCUT2D eigenvalue weighted by Crippen LogP contribution is -2.39. The number of nitrogens with zero attached hydrogens (tertiary/aromatic N) is 1. The molecule has 3 aliphatic heterocycles. The van der Waals surface area contributed by atoms with E-state index in [1.165, 1.54) is 22.3 Å². The van der Waals surface area contributed by atoms with Crippen LogP contribution in [0.5, 0.6) is 23.0 Å². The predicted octanol–water partition coefficient (Wildman–Crippen LogP) is 4.24. The van der Waals surface area contributed by atoms with Gasteiger partial charge in [0.25, 0.3) is 0 Å². The maximum Gasteiger partial charge on any atom is 0.231 e. The molecule has 0 saturated heterocycles. The zero-order valence-corrected chi connectivity index (χ0v) is 17.6. The zero-order valence-electron chi connectivity index (χ0n) is 16.0. The van der Waals surface area contributed by atoms with Crippen LogP contribution in [-0.2, 0) is 19.4 Å². The van der Waals surface area contributed by atoms with E-state index in [1.54, 1.807) is 7.11 Å². The Morgan fingerprint density at radius 1 is 1.18 bits per heavy atom. The van der Waals surface area contributed by atoms with Gasteiger partial charge in [-0.2, -0.15) is 0 Å². The van der Waals surface area contributed by atoms with Gasteiger partial charge in [0.05, 0.1) is 13.7 Å². The molecule has 0 N–H and O–H groups in total. The van der Waals surface area contributed by atoms with Crippen molar-refractivity contribution in [3.05, 3.63) is 46.5 Å². The predicted molar refractivity (Wildman–Crippen MR) is 110 cm³/mol. The van der Waals surface area contributed by atoms with Gasteiger partial charge in [-0.05, 0) is 54.2 Å². The molecule has 0 aliphatic carbocycles. The normalized spacial score (nSPS) is 19.6. The number of rotatable bonds is 5. The molecule has 1 unspecified atom stereocenters. The van der Waals surface area contributed by atoms with Crippen LogP contribution >= 0.6 is 15.9 Å². The molecule has 0 amide bonds. The van der Waals surface area contributed by atoms with Gasteiger partial charge in [0.1, 0.15) is 0 Å². The van der Waals surface area contributed by atoms with E-state index in [4.69, 9.17) is 18.9 Å². The van der Waals surface area contributed by atoms with Crippen molar-refractivity contribution in [2.45, 2.75) is 31.8 Å². The van der Waals surface area contributed by atoms with Gasteiger partial charge in [0.2, 0.25) is 6.79 Å². The van der Waals surface area contributed by atoms with Crippen LogP contribution in [0.15, 0.2) is 24.3 Å². The summed E-state index contributed by atoms with van der Waals surface area (Å²) in [4.78, 5) is 2.56. The Kier molecular flexibility index (Phi) is 4.85. The SMILES string of the molecule is COc1ccc2c(c1OCCCBr)CN1CCc3cc4c(cc3C1C2)OCO4. The largest absolute Gasteiger partial charge is 0.493 e. The molecule has 2 aromatic carbocycles. The number of hydrogen-bond donors (Lipinski definition) is 0. The average Bonchev–Trinajstić information content (AvgIpc) is 3.18. The van der Waals surface area contributed by atoms with Crippen molar-refractivity contribution < 1.29 is 18.9 Å². The number of methoxy groups -OCH3 is 1. The summed E-state index contributed by atoms with van der Waals surface area (Å²) in [5.74, 6) is 3.50. The molecule has 0 spiro atoms. The first-order valence-electron chi connectivity index (χ1n) is 9.82. The molecule has 3 aliphatic rings. The highest BCUT2D eigenvalue weighted by molar-refractivity contribution is 9.09. The minimum absolute atomic E-state index is 0.324. The molecule has 148 valence electrons. The fraction of sp³-hybridized carbons (Fsp3) is 0.455. The van der Waals surface area contributed by atoms with E-state index in [0.717, 1.165) is 60.7 Å². The van der Waals surface area contributed by atoms with Gasteiger partial charge in [0, 0.05) is 30.0 Å². The van der Waals surface area contributed by atoms with Gasteiger partial charge in [-0.15, -0.1) is 0 Å². The highest BCUT2D eigenvalue weighted by Gasteiger charge is 2.35. The molecule has 3 heterocycles. The van der Waals surface area contributed by atoms with Crippen molar-refractivity contribution >= 4 is 15.9 Å². The van der Waals surface area contributed by atoms with E-state index in [0.29, 0.717) is 19.4 Å². The highest BCUT2D eigenvalue weighted by atomic mass is 79.9. The quantitative estimate of drug-likeness (QED) is 0.508. The third-order valence-electron chi connectivity index (χ3n) is 5.94. The topological polar surface area (TPSA) is 40.2 Å². The smallest absolute Gasteiger partial charge is 0.231 e. The molecule has 6 heteroatoms. The summed E-state index contributed by atoms with van der Waals surface area (Å²) in [5, 5.41) is 0.936. The van der Waals surface area contributed by atoms with Crippen molar-refractivity contribution in [1.82, 2.24) is 4.90 Å². The molecular formula is C22H24BrNO4. The van der Waals surface area contributed by atoms with Crippen molar-refractivity contribution in [1.29, 1.82) is 0 Å². The number of alkyl halides is 1. The van der Waals surface area contributed by atoms with E-state index in [-0.39, 0.29) is 0 Å². The van der Waals surface area contributed by atoms with Crippen molar-refractivity contribution in [3.63, 3.8) is 0 Å². The molecule has 0 bridgehead atoms. The molecule has 0 aromatic heterocycles. The summed E-state index contributed by atoms with van der Waals surface area (Å²) in [5.41, 5.74) is 5.38. The van der Waals surface area contributed by atoms with Gasteiger partial charge in [-0.1, -0.05) is 22.0 Å². The summed E-state index contributed by atoms with van der Waals surface area (Å²) in [7, 11) is 1.71. The zero-order chi connectivity index (χ0) is 19.1. The van der Waals surface area contributed by atoms with E-state index >= 15 is 0 Å². The first-order valence-corrected chi connectivity index (χ1v) is 10.9. The van der Waals surface area contributed by atoms with Crippen LogP contribution in [0.3, 0.4) is 0 Å². The van der Waals surface area contributed by atoms with E-state index in [2.05, 4.69) is 39.0 Å². The Labute approximate surface area is 173 Å². The average molecular weight is 446 g/mol. The second kappa shape index (κ2) is 7.48. The molecule has 0 saturated carbocycles. The second-order valence-electron chi connectivity index (χ2n) is 7.47. The maximum atomic E-state index is 6.16. The van der Waals surface area contributed by atoms with Crippen molar-refractivity contribution in [2.24, 2.45) is 0 Å². The third-order valence-corrected chi connectivity index (χ3v) is 6.50. The molecule has 0 radical (unpaired) electrons. The lowest BCUT2D eigenvalue weighted by molar-refractivity contribution is 0.156. The molecule has 2 aromatic rings. The lowest BCUT2D eigenvalue weighted by Gasteiger charge is -2.42. The summed E-state index contributed by atoms with van der Waals surface area (Å²) < 4.78 is 23.0. The van der Waals surface area contributed by atoms with Gasteiger partial charge in [-0.3, -0.25) is 4.90 Å². The first kappa shape index (κ1) is 18.1. The number of fused-ring (bicyclic) bond motifs is 5. The van der Waals surface area contributed by atoms with Crippen LogP contribution in [0.2, 0.25) is 0 Å². The summed E-state index contributed by atoms with van der Waals surface area (Å²) in [6, 6.07) is 8.98. The molecular weight excluding hydrogens is 422 g/mol. The molecule has 0 fully saturated rings. The lowest BCUT2D eigenvalue weighted by atomic mass is 9.83. The summed E-state index contributed by atoms with van der Waals surface area (Å²) in [6.07, 6.45) is 2.97. The Morgan fingerprint density at radius 3 is 2.86 bits per heavy atom. The maximum absolute atomic E-state index is 6.16. The van der Waals surface area contributed by atoms with Crippen LogP contribution in [0, 0.1) is 0 Å². The van der Waals surface area contributed by atoms with Crippen LogP contribution in [0.4, 0.5) is 0 Å². The fourth-order valence-electron chi connectivity index (χ4n) is 4.54. The van der Waals surface area contributed by atoms with Crippen LogP contribution < -0.4 is 18.9 Å². The van der Waals surface area contributed by atoms with Gasteiger partial charge in [-0.25, -0.2) is 0 Å². The van der Waals surface area contributed by atoms with Crippen LogP contribution in [-0.4, -0.2) is 37.3 Å². The molecule has 5 nitrogen and oxygen atoms in total. The highest BCUT2D eigenvalue weighted by Crippen LogP contribution is 2.46. The third kappa shape index (κ3) is 3.03. The minimum Gasteiger partial charge on any atom is -0.493 e. The van der Waals surface area contributed by atoms with Crippen molar-refractivity contribution in [2.75, 3.05) is 32.4 Å². The molecule has 5 rings (SSSR count). The number of ether oxygens (including phenoxy) is 4. The number of benzene rings is 2. The Morgan fingerprint density at radius 2 is 2.04 bits per heavy atom. The van der Waals surface area contributed by atoms with Gasteiger partial charge >= 0.3 is 0 Å². The Bertz CT molecular complexity index is 901. The molecule has 1 atom stereocenters. The molecule has 28 heavy (non-hydrogen) atoms. The summed E-state index contributed by atoms with van der Waals surface area (Å²) in [6.45, 7) is 2.93.